The minimum absolute atomic E-state index is 0.428. The number of nitrogens with two attached hydrogens (primary N) is 1. The largest absolute Gasteiger partial charge is 0.456 e. The van der Waals surface area contributed by atoms with Crippen LogP contribution >= 0.6 is 0 Å². The normalized spacial score (nSPS) is 13.5. The van der Waals surface area contributed by atoms with Crippen LogP contribution in [0.3, 0.4) is 0 Å². The van der Waals surface area contributed by atoms with Gasteiger partial charge in [0, 0.05) is 6.54 Å². The highest BCUT2D eigenvalue weighted by Crippen LogP contribution is 2.03. The molecule has 0 heterocycles. The van der Waals surface area contributed by atoms with Crippen molar-refractivity contribution in [2.45, 2.75) is 38.3 Å². The third-order valence-electron chi connectivity index (χ3n) is 2.43. The lowest BCUT2D eigenvalue weighted by molar-refractivity contribution is -0.155. The van der Waals surface area contributed by atoms with E-state index >= 15 is 0 Å². The number of hydrogen-bond donors (Lipinski definition) is 5. The lowest BCUT2D eigenvalue weighted by atomic mass is 10.1. The lowest BCUT2D eigenvalue weighted by Crippen LogP contribution is -2.37. The van der Waals surface area contributed by atoms with Crippen molar-refractivity contribution < 1.29 is 25.0 Å². The maximum absolute atomic E-state index is 11.4. The van der Waals surface area contributed by atoms with Gasteiger partial charge in [0.15, 0.2) is 0 Å². The molecular weight excluding hydrogens is 254 g/mol. The Hall–Kier alpha value is -1.22. The Labute approximate surface area is 112 Å². The summed E-state index contributed by atoms with van der Waals surface area (Å²) in [6, 6.07) is -0.776. The summed E-state index contributed by atoms with van der Waals surface area (Å²) in [7, 11) is 0. The predicted molar refractivity (Wildman–Crippen MR) is 68.8 cm³/mol. The number of hydrogen-bond acceptors (Lipinski definition) is 7. The second-order valence-electron chi connectivity index (χ2n) is 4.11. The van der Waals surface area contributed by atoms with Crippen molar-refractivity contribution in [2.75, 3.05) is 19.8 Å². The van der Waals surface area contributed by atoms with Gasteiger partial charge in [-0.15, -0.1) is 0 Å². The van der Waals surface area contributed by atoms with Crippen LogP contribution in [0.4, 0.5) is 0 Å². The Morgan fingerprint density at radius 2 is 2.00 bits per heavy atom. The molecule has 0 fully saturated rings. The summed E-state index contributed by atoms with van der Waals surface area (Å²) >= 11 is 0. The van der Waals surface area contributed by atoms with Crippen LogP contribution in [0, 0.1) is 0 Å². The van der Waals surface area contributed by atoms with Gasteiger partial charge in [0.1, 0.15) is 18.0 Å². The van der Waals surface area contributed by atoms with E-state index in [2.05, 4.69) is 4.99 Å². The van der Waals surface area contributed by atoms with Crippen molar-refractivity contribution in [3.63, 3.8) is 0 Å². The summed E-state index contributed by atoms with van der Waals surface area (Å²) in [5.41, 5.74) is 7.54. The van der Waals surface area contributed by atoms with E-state index in [0.717, 1.165) is 6.42 Å². The number of aliphatic hydroxyl groups is 2. The maximum atomic E-state index is 11.4. The third-order valence-corrected chi connectivity index (χ3v) is 2.43. The Kier molecular flexibility index (Phi) is 9.99. The zero-order valence-electron chi connectivity index (χ0n) is 11.1. The number of carbonyl (C=O) groups is 1. The van der Waals surface area contributed by atoms with E-state index in [1.807, 2.05) is 5.48 Å². The van der Waals surface area contributed by atoms with Gasteiger partial charge in [-0.25, -0.2) is 0 Å². The van der Waals surface area contributed by atoms with Crippen LogP contribution in [-0.4, -0.2) is 59.1 Å². The van der Waals surface area contributed by atoms with E-state index in [0.29, 0.717) is 25.2 Å². The number of carbonyl (C=O) groups excluding carboxylic acids is 1. The predicted octanol–water partition coefficient (Wildman–Crippen LogP) is -1.22. The Morgan fingerprint density at radius 1 is 1.37 bits per heavy atom. The first kappa shape index (κ1) is 17.8. The fourth-order valence-corrected chi connectivity index (χ4v) is 1.26. The first-order valence-corrected chi connectivity index (χ1v) is 6.14. The van der Waals surface area contributed by atoms with Crippen LogP contribution in [0.5, 0.6) is 0 Å². The highest BCUT2D eigenvalue weighted by atomic mass is 16.6. The zero-order chi connectivity index (χ0) is 14.7. The van der Waals surface area contributed by atoms with Crippen LogP contribution in [-0.2, 0) is 9.53 Å². The zero-order valence-corrected chi connectivity index (χ0v) is 11.1. The molecule has 8 nitrogen and oxygen atoms in total. The topological polar surface area (TPSA) is 137 Å². The second-order valence-corrected chi connectivity index (χ2v) is 4.11. The summed E-state index contributed by atoms with van der Waals surface area (Å²) < 4.78 is 4.79. The van der Waals surface area contributed by atoms with E-state index < -0.39 is 31.3 Å². The standard InChI is InChI=1S/C11H23N3O5/c1-8(14-18)13-5-3-2-4-10(12)11(17)19-9(6-15)7-16/h9-10,15-16,18H,2-7,12H2,1H3,(H,13,14). The summed E-state index contributed by atoms with van der Waals surface area (Å²) in [4.78, 5) is 15.4. The van der Waals surface area contributed by atoms with Gasteiger partial charge in [-0.3, -0.25) is 20.5 Å². The summed E-state index contributed by atoms with van der Waals surface area (Å²) in [5.74, 6) is -0.206. The molecule has 0 saturated carbocycles. The number of aliphatic hydroxyl groups excluding tert-OH is 2. The number of aliphatic imine (C=N–C) groups is 1. The smallest absolute Gasteiger partial charge is 0.323 e. The van der Waals surface area contributed by atoms with E-state index in [-0.39, 0.29) is 0 Å². The average Bonchev–Trinajstić information content (AvgIpc) is 2.43. The number of ether oxygens (including phenoxy) is 1. The fraction of sp³-hybridized carbons (Fsp3) is 0.818. The third kappa shape index (κ3) is 8.49. The van der Waals surface area contributed by atoms with Crippen LogP contribution in [0.1, 0.15) is 26.2 Å². The molecule has 0 aliphatic rings. The molecule has 112 valence electrons. The monoisotopic (exact) mass is 277 g/mol. The van der Waals surface area contributed by atoms with E-state index in [9.17, 15) is 4.79 Å². The first-order valence-electron chi connectivity index (χ1n) is 6.14. The number of unbranched alkanes of at least 4 members (excludes halogenated alkanes) is 1. The molecule has 0 aliphatic carbocycles. The van der Waals surface area contributed by atoms with Crippen LogP contribution in [0.2, 0.25) is 0 Å². The molecule has 0 saturated heterocycles. The molecule has 0 aliphatic heterocycles. The van der Waals surface area contributed by atoms with Gasteiger partial charge in [0.05, 0.1) is 13.2 Å². The summed E-state index contributed by atoms with van der Waals surface area (Å²) in [6.07, 6.45) is 0.926. The van der Waals surface area contributed by atoms with Crippen molar-refractivity contribution in [3.05, 3.63) is 0 Å². The first-order chi connectivity index (χ1) is 9.04. The number of nitrogens with zero attached hydrogens (tertiary/aromatic N) is 1. The van der Waals surface area contributed by atoms with Crippen LogP contribution in [0.25, 0.3) is 0 Å². The van der Waals surface area contributed by atoms with Crippen LogP contribution < -0.4 is 11.2 Å². The molecule has 0 bridgehead atoms. The van der Waals surface area contributed by atoms with Gasteiger partial charge >= 0.3 is 5.97 Å². The van der Waals surface area contributed by atoms with Crippen molar-refractivity contribution in [1.82, 2.24) is 5.48 Å². The molecule has 0 aromatic carbocycles. The molecule has 0 radical (unpaired) electrons. The van der Waals surface area contributed by atoms with E-state index in [4.69, 9.17) is 25.9 Å². The highest BCUT2D eigenvalue weighted by Gasteiger charge is 2.18. The number of rotatable bonds is 9. The van der Waals surface area contributed by atoms with Gasteiger partial charge in [0.25, 0.3) is 0 Å². The van der Waals surface area contributed by atoms with Crippen LogP contribution in [0.15, 0.2) is 4.99 Å². The van der Waals surface area contributed by atoms with Crippen molar-refractivity contribution in [3.8, 4) is 0 Å². The van der Waals surface area contributed by atoms with Gasteiger partial charge in [-0.2, -0.15) is 0 Å². The molecule has 1 atom stereocenters. The number of hydroxylamine groups is 1. The quantitative estimate of drug-likeness (QED) is 0.117. The van der Waals surface area contributed by atoms with E-state index in [1.165, 1.54) is 0 Å². The minimum atomic E-state index is -0.915. The molecule has 19 heavy (non-hydrogen) atoms. The lowest BCUT2D eigenvalue weighted by Gasteiger charge is -2.16. The summed E-state index contributed by atoms with van der Waals surface area (Å²) in [5, 5.41) is 26.0. The molecule has 0 aromatic rings. The molecule has 0 spiro atoms. The maximum Gasteiger partial charge on any atom is 0.323 e. The molecule has 0 aromatic heterocycles. The molecule has 1 unspecified atom stereocenters. The van der Waals surface area contributed by atoms with Crippen molar-refractivity contribution in [1.29, 1.82) is 0 Å². The SMILES string of the molecule is CC(=NCCCCC(N)C(=O)OC(CO)CO)NO. The number of esters is 1. The second kappa shape index (κ2) is 10.7. The number of amidine groups is 1. The minimum Gasteiger partial charge on any atom is -0.456 e. The van der Waals surface area contributed by atoms with Gasteiger partial charge < -0.3 is 20.7 Å². The molecule has 6 N–H and O–H groups in total. The van der Waals surface area contributed by atoms with Crippen molar-refractivity contribution in [2.24, 2.45) is 10.7 Å². The van der Waals surface area contributed by atoms with E-state index in [1.54, 1.807) is 6.92 Å². The van der Waals surface area contributed by atoms with Gasteiger partial charge in [-0.1, -0.05) is 0 Å². The highest BCUT2D eigenvalue weighted by molar-refractivity contribution is 5.78. The molecule has 0 rings (SSSR count). The molecule has 8 heteroatoms. The van der Waals surface area contributed by atoms with Gasteiger partial charge in [0.2, 0.25) is 0 Å². The Morgan fingerprint density at radius 3 is 2.53 bits per heavy atom. The summed E-state index contributed by atoms with van der Waals surface area (Å²) in [6.45, 7) is 1.29. The number of nitrogens with one attached hydrogen (secondary N) is 1. The Balaban J connectivity index is 3.79. The van der Waals surface area contributed by atoms with Gasteiger partial charge in [-0.05, 0) is 26.2 Å². The molecular formula is C11H23N3O5. The average molecular weight is 277 g/mol. The molecule has 0 amide bonds. The van der Waals surface area contributed by atoms with Crippen molar-refractivity contribution >= 4 is 11.8 Å². The Bertz CT molecular complexity index is 282. The fourth-order valence-electron chi connectivity index (χ4n) is 1.26.